The van der Waals surface area contributed by atoms with E-state index in [1.807, 2.05) is 4.90 Å². The second-order valence-electron chi connectivity index (χ2n) is 6.01. The van der Waals surface area contributed by atoms with Gasteiger partial charge in [0.1, 0.15) is 5.75 Å². The summed E-state index contributed by atoms with van der Waals surface area (Å²) in [6.07, 6.45) is 6.36. The van der Waals surface area contributed by atoms with E-state index < -0.39 is 0 Å². The first-order valence-corrected chi connectivity index (χ1v) is 7.81. The fourth-order valence-corrected chi connectivity index (χ4v) is 3.79. The van der Waals surface area contributed by atoms with Crippen LogP contribution in [-0.4, -0.2) is 29.0 Å². The van der Waals surface area contributed by atoms with Crippen LogP contribution >= 0.6 is 11.6 Å². The topological polar surface area (TPSA) is 40.5 Å². The number of carbonyl (C=O) groups excluding carboxylic acids is 1. The van der Waals surface area contributed by atoms with Crippen LogP contribution in [0.15, 0.2) is 18.2 Å². The number of hydrogen-bond acceptors (Lipinski definition) is 2. The normalized spacial score (nSPS) is 26.1. The van der Waals surface area contributed by atoms with E-state index in [0.29, 0.717) is 11.5 Å². The molecule has 0 spiro atoms. The molecule has 0 bridgehead atoms. The molecule has 1 aromatic carbocycles. The van der Waals surface area contributed by atoms with E-state index in [0.717, 1.165) is 25.4 Å². The first kappa shape index (κ1) is 13.7. The molecule has 2 atom stereocenters. The summed E-state index contributed by atoms with van der Waals surface area (Å²) in [6, 6.07) is 4.70. The van der Waals surface area contributed by atoms with Crippen molar-refractivity contribution in [3.8, 4) is 5.75 Å². The van der Waals surface area contributed by atoms with Crippen LogP contribution in [-0.2, 0) is 0 Å². The zero-order chi connectivity index (χ0) is 14.1. The fourth-order valence-electron chi connectivity index (χ4n) is 3.61. The van der Waals surface area contributed by atoms with Crippen LogP contribution in [0.3, 0.4) is 0 Å². The summed E-state index contributed by atoms with van der Waals surface area (Å²) in [4.78, 5) is 14.5. The van der Waals surface area contributed by atoms with Gasteiger partial charge in [-0.3, -0.25) is 4.79 Å². The SMILES string of the molecule is O=C(c1ccc(O)c(Cl)c1)N1CC[C@@H]2CCCC[C@H]2C1. The molecule has 1 amide bonds. The van der Waals surface area contributed by atoms with Crippen molar-refractivity contribution in [1.82, 2.24) is 4.90 Å². The van der Waals surface area contributed by atoms with Crippen LogP contribution in [0, 0.1) is 11.8 Å². The van der Waals surface area contributed by atoms with Gasteiger partial charge in [0.15, 0.2) is 0 Å². The first-order valence-electron chi connectivity index (χ1n) is 7.43. The Kier molecular flexibility index (Phi) is 3.88. The van der Waals surface area contributed by atoms with Crippen molar-refractivity contribution in [3.63, 3.8) is 0 Å². The number of hydrogen-bond donors (Lipinski definition) is 1. The lowest BCUT2D eigenvalue weighted by Crippen LogP contribution is -2.44. The molecule has 1 heterocycles. The summed E-state index contributed by atoms with van der Waals surface area (Å²) in [5.74, 6) is 1.55. The maximum absolute atomic E-state index is 12.5. The number of carbonyl (C=O) groups is 1. The largest absolute Gasteiger partial charge is 0.506 e. The molecule has 0 unspecified atom stereocenters. The molecule has 3 rings (SSSR count). The highest BCUT2D eigenvalue weighted by Gasteiger charge is 2.33. The summed E-state index contributed by atoms with van der Waals surface area (Å²) < 4.78 is 0. The van der Waals surface area contributed by atoms with Gasteiger partial charge in [0.2, 0.25) is 0 Å². The van der Waals surface area contributed by atoms with Crippen molar-refractivity contribution in [2.75, 3.05) is 13.1 Å². The monoisotopic (exact) mass is 293 g/mol. The third kappa shape index (κ3) is 2.64. The molecule has 4 heteroatoms. The number of phenols is 1. The van der Waals surface area contributed by atoms with Crippen molar-refractivity contribution in [3.05, 3.63) is 28.8 Å². The Morgan fingerprint density at radius 3 is 2.70 bits per heavy atom. The van der Waals surface area contributed by atoms with Gasteiger partial charge in [-0.1, -0.05) is 30.9 Å². The third-order valence-electron chi connectivity index (χ3n) is 4.77. The van der Waals surface area contributed by atoms with Crippen LogP contribution < -0.4 is 0 Å². The standard InChI is InChI=1S/C16H20ClNO2/c17-14-9-12(5-6-15(14)19)16(20)18-8-7-11-3-1-2-4-13(11)10-18/h5-6,9,11,13,19H,1-4,7-8,10H2/t11-,13-/m0/s1. The molecule has 1 aliphatic carbocycles. The van der Waals surface area contributed by atoms with Crippen LogP contribution in [0.5, 0.6) is 5.75 Å². The molecule has 2 fully saturated rings. The fraction of sp³-hybridized carbons (Fsp3) is 0.562. The zero-order valence-electron chi connectivity index (χ0n) is 11.5. The Bertz CT molecular complexity index is 517. The van der Waals surface area contributed by atoms with E-state index in [1.54, 1.807) is 12.1 Å². The Morgan fingerprint density at radius 1 is 1.20 bits per heavy atom. The molecule has 1 N–H and O–H groups in total. The lowest BCUT2D eigenvalue weighted by Gasteiger charge is -2.41. The quantitative estimate of drug-likeness (QED) is 0.858. The minimum atomic E-state index is 0.0224. The number of halogens is 1. The Morgan fingerprint density at radius 2 is 1.95 bits per heavy atom. The molecule has 1 saturated heterocycles. The van der Waals surface area contributed by atoms with Gasteiger partial charge in [0.05, 0.1) is 5.02 Å². The highest BCUT2D eigenvalue weighted by Crippen LogP contribution is 2.36. The predicted octanol–water partition coefficient (Wildman–Crippen LogP) is 3.70. The number of amides is 1. The number of piperidine rings is 1. The molecule has 108 valence electrons. The molecular formula is C16H20ClNO2. The number of fused-ring (bicyclic) bond motifs is 1. The first-order chi connectivity index (χ1) is 9.65. The average Bonchev–Trinajstić information content (AvgIpc) is 2.49. The van der Waals surface area contributed by atoms with E-state index >= 15 is 0 Å². The van der Waals surface area contributed by atoms with Gasteiger partial charge in [-0.2, -0.15) is 0 Å². The second kappa shape index (κ2) is 5.65. The van der Waals surface area contributed by atoms with E-state index in [-0.39, 0.29) is 16.7 Å². The van der Waals surface area contributed by atoms with Gasteiger partial charge < -0.3 is 10.0 Å². The van der Waals surface area contributed by atoms with Crippen molar-refractivity contribution in [2.24, 2.45) is 11.8 Å². The van der Waals surface area contributed by atoms with Crippen molar-refractivity contribution in [2.45, 2.75) is 32.1 Å². The van der Waals surface area contributed by atoms with Gasteiger partial charge in [0.25, 0.3) is 5.91 Å². The molecule has 1 aliphatic heterocycles. The van der Waals surface area contributed by atoms with Crippen LogP contribution in [0.1, 0.15) is 42.5 Å². The second-order valence-corrected chi connectivity index (χ2v) is 6.42. The molecule has 1 saturated carbocycles. The van der Waals surface area contributed by atoms with E-state index in [9.17, 15) is 9.90 Å². The lowest BCUT2D eigenvalue weighted by molar-refractivity contribution is 0.0521. The van der Waals surface area contributed by atoms with Gasteiger partial charge in [0, 0.05) is 18.7 Å². The van der Waals surface area contributed by atoms with Gasteiger partial charge >= 0.3 is 0 Å². The predicted molar refractivity (Wildman–Crippen MR) is 79.1 cm³/mol. The van der Waals surface area contributed by atoms with E-state index in [4.69, 9.17) is 11.6 Å². The molecule has 2 aliphatic rings. The molecule has 1 aromatic rings. The highest BCUT2D eigenvalue weighted by atomic mass is 35.5. The van der Waals surface area contributed by atoms with E-state index in [1.165, 1.54) is 31.7 Å². The molecule has 3 nitrogen and oxygen atoms in total. The van der Waals surface area contributed by atoms with Crippen molar-refractivity contribution >= 4 is 17.5 Å². The number of likely N-dealkylation sites (tertiary alicyclic amines) is 1. The maximum Gasteiger partial charge on any atom is 0.253 e. The number of benzene rings is 1. The van der Waals surface area contributed by atoms with E-state index in [2.05, 4.69) is 0 Å². The molecule has 20 heavy (non-hydrogen) atoms. The lowest BCUT2D eigenvalue weighted by atomic mass is 9.75. The molecular weight excluding hydrogens is 274 g/mol. The summed E-state index contributed by atoms with van der Waals surface area (Å²) >= 11 is 5.89. The average molecular weight is 294 g/mol. The smallest absolute Gasteiger partial charge is 0.253 e. The molecule has 0 radical (unpaired) electrons. The Labute approximate surface area is 124 Å². The Hall–Kier alpha value is -1.22. The van der Waals surface area contributed by atoms with Gasteiger partial charge in [-0.05, 0) is 42.9 Å². The number of phenolic OH excluding ortho intramolecular Hbond substituents is 1. The summed E-state index contributed by atoms with van der Waals surface area (Å²) in [6.45, 7) is 1.72. The van der Waals surface area contributed by atoms with Gasteiger partial charge in [-0.25, -0.2) is 0 Å². The van der Waals surface area contributed by atoms with Crippen molar-refractivity contribution < 1.29 is 9.90 Å². The van der Waals surface area contributed by atoms with Crippen LogP contribution in [0.4, 0.5) is 0 Å². The Balaban J connectivity index is 1.72. The number of rotatable bonds is 1. The van der Waals surface area contributed by atoms with Gasteiger partial charge in [-0.15, -0.1) is 0 Å². The number of aromatic hydroxyl groups is 1. The summed E-state index contributed by atoms with van der Waals surface area (Å²) in [7, 11) is 0. The minimum absolute atomic E-state index is 0.0224. The van der Waals surface area contributed by atoms with Crippen molar-refractivity contribution in [1.29, 1.82) is 0 Å². The molecule has 0 aromatic heterocycles. The number of nitrogens with zero attached hydrogens (tertiary/aromatic N) is 1. The highest BCUT2D eigenvalue weighted by molar-refractivity contribution is 6.32. The summed E-state index contributed by atoms with van der Waals surface area (Å²) in [5.41, 5.74) is 0.571. The van der Waals surface area contributed by atoms with Crippen LogP contribution in [0.2, 0.25) is 5.02 Å². The van der Waals surface area contributed by atoms with Crippen LogP contribution in [0.25, 0.3) is 0 Å². The third-order valence-corrected chi connectivity index (χ3v) is 5.08. The minimum Gasteiger partial charge on any atom is -0.506 e. The maximum atomic E-state index is 12.5. The zero-order valence-corrected chi connectivity index (χ0v) is 12.3. The summed E-state index contributed by atoms with van der Waals surface area (Å²) in [5, 5.41) is 9.67.